The van der Waals surface area contributed by atoms with Crippen LogP contribution in [-0.4, -0.2) is 33.5 Å². The number of hydrogen-bond acceptors (Lipinski definition) is 4. The molecule has 1 spiro atoms. The minimum absolute atomic E-state index is 0.0890. The molecule has 6 saturated carbocycles. The summed E-state index contributed by atoms with van der Waals surface area (Å²) in [4.78, 5) is 12.3. The molecule has 0 aromatic carbocycles. The van der Waals surface area contributed by atoms with Crippen LogP contribution in [0.4, 0.5) is 0 Å². The molecule has 7 rings (SSSR count). The van der Waals surface area contributed by atoms with Crippen molar-refractivity contribution in [3.63, 3.8) is 0 Å². The molecule has 1 saturated heterocycles. The molecule has 0 aromatic rings. The number of carbonyl (C=O) groups excluding carboxylic acids is 1. The minimum Gasteiger partial charge on any atom is -0.389 e. The van der Waals surface area contributed by atoms with Gasteiger partial charge in [-0.05, 0) is 80.0 Å². The molecule has 12 atom stereocenters. The third-order valence-corrected chi connectivity index (χ3v) is 11.7. The Morgan fingerprint density at radius 3 is 2.50 bits per heavy atom. The van der Waals surface area contributed by atoms with Gasteiger partial charge in [0.1, 0.15) is 5.78 Å². The standard InChI is InChI=1S/C24H34O4/c1-21-6-3-12(25)11-23(21,27)16-9-13(16)19-15(21)4-7-22(2)20(19)14-10-17(14)24(22)8-5-18(26)28-24/h13-20,26-27H,3-11H2,1-2H3/t13-,14+,15-,16+,17-,18?,19+,20-,21+,22-,23+,24-/m0/s1. The van der Waals surface area contributed by atoms with Crippen LogP contribution in [0, 0.1) is 52.3 Å². The van der Waals surface area contributed by atoms with Gasteiger partial charge in [0, 0.05) is 30.1 Å². The molecule has 154 valence electrons. The highest BCUT2D eigenvalue weighted by Crippen LogP contribution is 2.83. The monoisotopic (exact) mass is 386 g/mol. The van der Waals surface area contributed by atoms with Crippen LogP contribution in [0.25, 0.3) is 0 Å². The summed E-state index contributed by atoms with van der Waals surface area (Å²) < 4.78 is 6.39. The zero-order valence-corrected chi connectivity index (χ0v) is 17.2. The number of fused-ring (bicyclic) bond motifs is 12. The van der Waals surface area contributed by atoms with Gasteiger partial charge >= 0.3 is 0 Å². The van der Waals surface area contributed by atoms with Crippen molar-refractivity contribution in [3.05, 3.63) is 0 Å². The minimum atomic E-state index is -0.749. The van der Waals surface area contributed by atoms with Crippen molar-refractivity contribution in [3.8, 4) is 0 Å². The lowest BCUT2D eigenvalue weighted by molar-refractivity contribution is -0.238. The van der Waals surface area contributed by atoms with E-state index < -0.39 is 11.9 Å². The molecular formula is C24H34O4. The van der Waals surface area contributed by atoms with Crippen LogP contribution in [0.2, 0.25) is 0 Å². The number of ketones is 1. The molecule has 2 N–H and O–H groups in total. The lowest BCUT2D eigenvalue weighted by Crippen LogP contribution is -2.65. The largest absolute Gasteiger partial charge is 0.389 e. The zero-order chi connectivity index (χ0) is 19.3. The van der Waals surface area contributed by atoms with Crippen LogP contribution in [0.5, 0.6) is 0 Å². The van der Waals surface area contributed by atoms with Crippen molar-refractivity contribution >= 4 is 5.78 Å². The molecular weight excluding hydrogens is 352 g/mol. The predicted molar refractivity (Wildman–Crippen MR) is 102 cm³/mol. The number of rotatable bonds is 0. The number of aliphatic hydroxyl groups is 2. The Morgan fingerprint density at radius 2 is 1.75 bits per heavy atom. The SMILES string of the molecule is C[C@]12CC[C@H]3[C@@H]([C@H]4C[C@H]4[C@]4(O)CC(=O)CC[C@]34C)[C@@H]1[C@@H]1C[C@@H]1[C@@]21CCC(O)O1. The van der Waals surface area contributed by atoms with Crippen LogP contribution >= 0.6 is 0 Å². The van der Waals surface area contributed by atoms with E-state index >= 15 is 0 Å². The second kappa shape index (κ2) is 4.73. The van der Waals surface area contributed by atoms with Gasteiger partial charge in [-0.1, -0.05) is 13.8 Å². The van der Waals surface area contributed by atoms with Crippen LogP contribution in [0.1, 0.15) is 71.6 Å². The molecule has 0 bridgehead atoms. The van der Waals surface area contributed by atoms with Crippen molar-refractivity contribution < 1.29 is 19.7 Å². The van der Waals surface area contributed by atoms with Gasteiger partial charge in [0.05, 0.1) is 11.2 Å². The summed E-state index contributed by atoms with van der Waals surface area (Å²) in [6, 6.07) is 0. The van der Waals surface area contributed by atoms with E-state index in [1.165, 1.54) is 6.42 Å². The van der Waals surface area contributed by atoms with Crippen LogP contribution in [-0.2, 0) is 9.53 Å². The smallest absolute Gasteiger partial charge is 0.155 e. The third kappa shape index (κ3) is 1.62. The molecule has 0 aromatic heterocycles. The van der Waals surface area contributed by atoms with Gasteiger partial charge in [0.15, 0.2) is 6.29 Å². The number of hydrogen-bond donors (Lipinski definition) is 2. The second-order valence-electron chi connectivity index (χ2n) is 12.2. The maximum atomic E-state index is 12.3. The topological polar surface area (TPSA) is 66.8 Å². The Morgan fingerprint density at radius 1 is 0.964 bits per heavy atom. The van der Waals surface area contributed by atoms with Crippen molar-refractivity contribution in [2.24, 2.45) is 52.3 Å². The van der Waals surface area contributed by atoms with Crippen molar-refractivity contribution in [1.82, 2.24) is 0 Å². The zero-order valence-electron chi connectivity index (χ0n) is 17.2. The highest BCUT2D eigenvalue weighted by Gasteiger charge is 2.82. The molecule has 1 unspecified atom stereocenters. The normalized spacial score (nSPS) is 68.6. The average Bonchev–Trinajstić information content (AvgIpc) is 3.54. The molecule has 0 amide bonds. The lowest BCUT2D eigenvalue weighted by Gasteiger charge is -2.64. The molecule has 4 heteroatoms. The number of ether oxygens (including phenoxy) is 1. The van der Waals surface area contributed by atoms with E-state index in [4.69, 9.17) is 4.74 Å². The number of carbonyl (C=O) groups is 1. The van der Waals surface area contributed by atoms with Crippen LogP contribution in [0.3, 0.4) is 0 Å². The summed E-state index contributed by atoms with van der Waals surface area (Å²) in [6.07, 6.45) is 7.94. The Balaban J connectivity index is 1.32. The van der Waals surface area contributed by atoms with E-state index in [0.29, 0.717) is 48.3 Å². The van der Waals surface area contributed by atoms with Gasteiger partial charge < -0.3 is 14.9 Å². The van der Waals surface area contributed by atoms with E-state index in [9.17, 15) is 15.0 Å². The highest BCUT2D eigenvalue weighted by atomic mass is 16.6. The first-order chi connectivity index (χ1) is 13.3. The fourth-order valence-electron chi connectivity index (χ4n) is 10.5. The van der Waals surface area contributed by atoms with Crippen molar-refractivity contribution in [2.75, 3.05) is 0 Å². The molecule has 1 heterocycles. The first kappa shape index (κ1) is 17.3. The fraction of sp³-hybridized carbons (Fsp3) is 0.958. The van der Waals surface area contributed by atoms with E-state index in [2.05, 4.69) is 13.8 Å². The summed E-state index contributed by atoms with van der Waals surface area (Å²) >= 11 is 0. The second-order valence-corrected chi connectivity index (χ2v) is 12.2. The maximum Gasteiger partial charge on any atom is 0.155 e. The average molecular weight is 387 g/mol. The lowest BCUT2D eigenvalue weighted by atomic mass is 9.42. The van der Waals surface area contributed by atoms with Gasteiger partial charge in [0.2, 0.25) is 0 Å². The quantitative estimate of drug-likeness (QED) is 0.670. The van der Waals surface area contributed by atoms with Crippen LogP contribution in [0.15, 0.2) is 0 Å². The summed E-state index contributed by atoms with van der Waals surface area (Å²) in [5.74, 6) is 4.58. The number of Topliss-reactive ketones (excluding diaryl/α,β-unsaturated/α-hetero) is 1. The highest BCUT2D eigenvalue weighted by molar-refractivity contribution is 5.81. The van der Waals surface area contributed by atoms with E-state index in [0.717, 1.165) is 44.4 Å². The Labute approximate surface area is 167 Å². The summed E-state index contributed by atoms with van der Waals surface area (Å²) in [7, 11) is 0. The molecule has 28 heavy (non-hydrogen) atoms. The first-order valence-corrected chi connectivity index (χ1v) is 11.9. The van der Waals surface area contributed by atoms with Gasteiger partial charge in [-0.15, -0.1) is 0 Å². The van der Waals surface area contributed by atoms with E-state index in [1.807, 2.05) is 0 Å². The molecule has 7 aliphatic rings. The van der Waals surface area contributed by atoms with Gasteiger partial charge in [0.25, 0.3) is 0 Å². The molecule has 7 fully saturated rings. The summed E-state index contributed by atoms with van der Waals surface area (Å²) in [6.45, 7) is 4.82. The number of aliphatic hydroxyl groups excluding tert-OH is 1. The Kier molecular flexibility index (Phi) is 2.91. The summed E-state index contributed by atoms with van der Waals surface area (Å²) in [5, 5.41) is 22.1. The first-order valence-electron chi connectivity index (χ1n) is 11.9. The van der Waals surface area contributed by atoms with E-state index in [-0.39, 0.29) is 22.2 Å². The van der Waals surface area contributed by atoms with Gasteiger partial charge in [-0.3, -0.25) is 4.79 Å². The fourth-order valence-corrected chi connectivity index (χ4v) is 10.5. The van der Waals surface area contributed by atoms with Gasteiger partial charge in [-0.25, -0.2) is 0 Å². The molecule has 4 nitrogen and oxygen atoms in total. The van der Waals surface area contributed by atoms with Crippen LogP contribution < -0.4 is 0 Å². The Bertz CT molecular complexity index is 781. The third-order valence-electron chi connectivity index (χ3n) is 11.7. The summed E-state index contributed by atoms with van der Waals surface area (Å²) in [5.41, 5.74) is -0.751. The predicted octanol–water partition coefficient (Wildman–Crippen LogP) is 3.29. The van der Waals surface area contributed by atoms with E-state index in [1.54, 1.807) is 0 Å². The molecule has 0 radical (unpaired) electrons. The molecule has 6 aliphatic carbocycles. The Hall–Kier alpha value is -0.450. The van der Waals surface area contributed by atoms with Crippen molar-refractivity contribution in [2.45, 2.75) is 89.1 Å². The maximum absolute atomic E-state index is 12.3. The van der Waals surface area contributed by atoms with Gasteiger partial charge in [-0.2, -0.15) is 0 Å². The van der Waals surface area contributed by atoms with Crippen molar-refractivity contribution in [1.29, 1.82) is 0 Å². The molecule has 1 aliphatic heterocycles.